The van der Waals surface area contributed by atoms with E-state index < -0.39 is 12.1 Å². The molecule has 0 fully saturated rings. The lowest BCUT2D eigenvalue weighted by Crippen LogP contribution is -2.39. The third kappa shape index (κ3) is 5.45. The zero-order valence-corrected chi connectivity index (χ0v) is 11.1. The molecule has 0 aromatic rings. The molecule has 0 heterocycles. The van der Waals surface area contributed by atoms with E-state index >= 15 is 0 Å². The topological polar surface area (TPSA) is 63.2 Å². The van der Waals surface area contributed by atoms with Gasteiger partial charge in [-0.2, -0.15) is 0 Å². The molecule has 0 aliphatic heterocycles. The quantitative estimate of drug-likeness (QED) is 0.546. The van der Waals surface area contributed by atoms with Crippen LogP contribution in [-0.4, -0.2) is 66.4 Å². The second-order valence-corrected chi connectivity index (χ2v) is 3.49. The van der Waals surface area contributed by atoms with Crippen LogP contribution in [0.1, 0.15) is 6.42 Å². The van der Waals surface area contributed by atoms with Gasteiger partial charge in [0.2, 0.25) is 0 Å². The van der Waals surface area contributed by atoms with E-state index in [1.807, 2.05) is 0 Å². The van der Waals surface area contributed by atoms with Crippen molar-refractivity contribution in [3.05, 3.63) is 0 Å². The first kappa shape index (κ1) is 16.3. The van der Waals surface area contributed by atoms with Gasteiger partial charge in [0.1, 0.15) is 6.10 Å². The second kappa shape index (κ2) is 9.35. The Labute approximate surface area is 102 Å². The van der Waals surface area contributed by atoms with Crippen LogP contribution in [-0.2, 0) is 28.5 Å². The lowest BCUT2D eigenvalue weighted by atomic mass is 10.1. The standard InChI is InChI=1S/C11H22O6/c1-13-7-10(16-4)8(14-2)6-9(15-3)11(12)17-5/h8-10H,6-7H2,1-5H3/t8-,9-,10+/m0/s1. The molecule has 102 valence electrons. The van der Waals surface area contributed by atoms with Crippen molar-refractivity contribution < 1.29 is 28.5 Å². The highest BCUT2D eigenvalue weighted by Gasteiger charge is 2.29. The van der Waals surface area contributed by atoms with Crippen LogP contribution in [0.5, 0.6) is 0 Å². The molecule has 0 unspecified atom stereocenters. The first-order valence-corrected chi connectivity index (χ1v) is 5.29. The van der Waals surface area contributed by atoms with Gasteiger partial charge in [-0.15, -0.1) is 0 Å². The van der Waals surface area contributed by atoms with Gasteiger partial charge in [0.05, 0.1) is 19.8 Å². The molecule has 0 aromatic carbocycles. The Hall–Kier alpha value is -0.690. The van der Waals surface area contributed by atoms with Gasteiger partial charge < -0.3 is 23.7 Å². The predicted octanol–water partition coefficient (Wildman–Crippen LogP) is 0.241. The van der Waals surface area contributed by atoms with Gasteiger partial charge in [0.15, 0.2) is 6.10 Å². The number of hydrogen-bond donors (Lipinski definition) is 0. The van der Waals surface area contributed by atoms with Crippen LogP contribution >= 0.6 is 0 Å². The highest BCUT2D eigenvalue weighted by molar-refractivity contribution is 5.74. The fraction of sp³-hybridized carbons (Fsp3) is 0.909. The highest BCUT2D eigenvalue weighted by Crippen LogP contribution is 2.13. The summed E-state index contributed by atoms with van der Waals surface area (Å²) in [5.74, 6) is -0.429. The Morgan fingerprint density at radius 1 is 0.941 bits per heavy atom. The number of carbonyl (C=O) groups excluding carboxylic acids is 1. The monoisotopic (exact) mass is 250 g/mol. The summed E-state index contributed by atoms with van der Waals surface area (Å²) in [7, 11) is 7.46. The maximum Gasteiger partial charge on any atom is 0.335 e. The zero-order valence-electron chi connectivity index (χ0n) is 11.1. The molecule has 0 saturated heterocycles. The van der Waals surface area contributed by atoms with Gasteiger partial charge in [-0.05, 0) is 0 Å². The smallest absolute Gasteiger partial charge is 0.335 e. The summed E-state index contributed by atoms with van der Waals surface area (Å²) >= 11 is 0. The van der Waals surface area contributed by atoms with Gasteiger partial charge >= 0.3 is 5.97 Å². The van der Waals surface area contributed by atoms with Crippen molar-refractivity contribution in [1.82, 2.24) is 0 Å². The van der Waals surface area contributed by atoms with Gasteiger partial charge in [-0.3, -0.25) is 0 Å². The SMILES string of the molecule is COC[C@@H](OC)[C@H](C[C@H](OC)C(=O)OC)OC. The summed E-state index contributed by atoms with van der Waals surface area (Å²) in [5, 5.41) is 0. The largest absolute Gasteiger partial charge is 0.467 e. The van der Waals surface area contributed by atoms with E-state index in [9.17, 15) is 4.79 Å². The van der Waals surface area contributed by atoms with Crippen molar-refractivity contribution >= 4 is 5.97 Å². The molecule has 0 aromatic heterocycles. The highest BCUT2D eigenvalue weighted by atomic mass is 16.6. The first-order valence-electron chi connectivity index (χ1n) is 5.29. The average Bonchev–Trinajstić information content (AvgIpc) is 2.37. The van der Waals surface area contributed by atoms with E-state index in [4.69, 9.17) is 18.9 Å². The van der Waals surface area contributed by atoms with E-state index in [0.717, 1.165) is 0 Å². The van der Waals surface area contributed by atoms with Crippen LogP contribution in [0.15, 0.2) is 0 Å². The number of ether oxygens (including phenoxy) is 5. The van der Waals surface area contributed by atoms with Gasteiger partial charge in [-0.1, -0.05) is 0 Å². The summed E-state index contributed by atoms with van der Waals surface area (Å²) < 4.78 is 25.2. The normalized spacial score (nSPS) is 16.3. The molecular formula is C11H22O6. The molecule has 0 rings (SSSR count). The van der Waals surface area contributed by atoms with E-state index in [-0.39, 0.29) is 12.2 Å². The minimum atomic E-state index is -0.667. The molecule has 0 spiro atoms. The minimum absolute atomic E-state index is 0.257. The van der Waals surface area contributed by atoms with E-state index in [2.05, 4.69) is 4.74 Å². The van der Waals surface area contributed by atoms with Gasteiger partial charge in [0.25, 0.3) is 0 Å². The molecular weight excluding hydrogens is 228 g/mol. The van der Waals surface area contributed by atoms with E-state index in [0.29, 0.717) is 13.0 Å². The van der Waals surface area contributed by atoms with Crippen LogP contribution in [0.4, 0.5) is 0 Å². The summed E-state index contributed by atoms with van der Waals surface area (Å²) in [6, 6.07) is 0. The summed E-state index contributed by atoms with van der Waals surface area (Å²) in [6.45, 7) is 0.382. The van der Waals surface area contributed by atoms with E-state index in [1.54, 1.807) is 21.3 Å². The third-order valence-corrected chi connectivity index (χ3v) is 2.55. The van der Waals surface area contributed by atoms with Crippen LogP contribution < -0.4 is 0 Å². The molecule has 3 atom stereocenters. The molecule has 0 aliphatic rings. The van der Waals surface area contributed by atoms with Crippen molar-refractivity contribution in [2.75, 3.05) is 42.2 Å². The van der Waals surface area contributed by atoms with Crippen LogP contribution in [0.2, 0.25) is 0 Å². The predicted molar refractivity (Wildman–Crippen MR) is 60.9 cm³/mol. The number of carbonyl (C=O) groups is 1. The summed E-state index contributed by atoms with van der Waals surface area (Å²) in [5.41, 5.74) is 0. The lowest BCUT2D eigenvalue weighted by Gasteiger charge is -2.26. The van der Waals surface area contributed by atoms with Crippen LogP contribution in [0.3, 0.4) is 0 Å². The minimum Gasteiger partial charge on any atom is -0.467 e. The van der Waals surface area contributed by atoms with Crippen molar-refractivity contribution in [2.45, 2.75) is 24.7 Å². The van der Waals surface area contributed by atoms with Crippen molar-refractivity contribution in [2.24, 2.45) is 0 Å². The molecule has 0 saturated carbocycles. The maximum atomic E-state index is 11.4. The van der Waals surface area contributed by atoms with Gasteiger partial charge in [-0.25, -0.2) is 4.79 Å². The van der Waals surface area contributed by atoms with Crippen molar-refractivity contribution in [3.63, 3.8) is 0 Å². The number of methoxy groups -OCH3 is 5. The molecule has 6 heteroatoms. The second-order valence-electron chi connectivity index (χ2n) is 3.49. The molecule has 6 nitrogen and oxygen atoms in total. The van der Waals surface area contributed by atoms with Gasteiger partial charge in [0, 0.05) is 34.9 Å². The van der Waals surface area contributed by atoms with Crippen LogP contribution in [0.25, 0.3) is 0 Å². The number of rotatable bonds is 9. The number of hydrogen-bond acceptors (Lipinski definition) is 6. The fourth-order valence-corrected chi connectivity index (χ4v) is 1.52. The Kier molecular flexibility index (Phi) is 8.97. The van der Waals surface area contributed by atoms with Crippen molar-refractivity contribution in [1.29, 1.82) is 0 Å². The van der Waals surface area contributed by atoms with E-state index in [1.165, 1.54) is 14.2 Å². The molecule has 0 bridgehead atoms. The molecule has 0 amide bonds. The third-order valence-electron chi connectivity index (χ3n) is 2.55. The lowest BCUT2D eigenvalue weighted by molar-refractivity contribution is -0.157. The summed E-state index contributed by atoms with van der Waals surface area (Å²) in [4.78, 5) is 11.4. The Morgan fingerprint density at radius 3 is 1.88 bits per heavy atom. The summed E-state index contributed by atoms with van der Waals surface area (Å²) in [6.07, 6.45) is -0.877. The Morgan fingerprint density at radius 2 is 1.53 bits per heavy atom. The average molecular weight is 250 g/mol. The molecule has 0 radical (unpaired) electrons. The van der Waals surface area contributed by atoms with Crippen LogP contribution in [0, 0.1) is 0 Å². The molecule has 0 aliphatic carbocycles. The fourth-order valence-electron chi connectivity index (χ4n) is 1.52. The van der Waals surface area contributed by atoms with Crippen molar-refractivity contribution in [3.8, 4) is 0 Å². The zero-order chi connectivity index (χ0) is 13.3. The molecule has 0 N–H and O–H groups in total. The number of esters is 1. The molecule has 17 heavy (non-hydrogen) atoms. The Bertz CT molecular complexity index is 208. The first-order chi connectivity index (χ1) is 8.14. The Balaban J connectivity index is 4.48. The maximum absolute atomic E-state index is 11.4.